The SMILES string of the molecule is C1=CC2B3c4cc5c6c(N(c7ccccc7)c7ccccc7)cccc6n(-c6ccccc6)c5cc4N(c4ccccc4)c4cccc(c43)N(c3ccccc3)C2C=C1. The van der Waals surface area contributed by atoms with Crippen LogP contribution in [0.25, 0.3) is 27.5 Å². The van der Waals surface area contributed by atoms with Crippen LogP contribution in [-0.4, -0.2) is 17.3 Å². The third-order valence-electron chi connectivity index (χ3n) is 12.5. The molecule has 59 heavy (non-hydrogen) atoms. The molecule has 278 valence electrons. The number of fused-ring (bicyclic) bond motifs is 7. The quantitative estimate of drug-likeness (QED) is 0.157. The number of rotatable bonds is 6. The molecule has 3 heterocycles. The average molecular weight is 755 g/mol. The van der Waals surface area contributed by atoms with Crippen molar-refractivity contribution in [3.8, 4) is 5.69 Å². The maximum absolute atomic E-state index is 2.57. The second kappa shape index (κ2) is 13.6. The molecule has 8 aromatic carbocycles. The average Bonchev–Trinajstić information content (AvgIpc) is 3.64. The second-order valence-corrected chi connectivity index (χ2v) is 15.7. The minimum atomic E-state index is 0.119. The van der Waals surface area contributed by atoms with Crippen molar-refractivity contribution in [3.63, 3.8) is 0 Å². The fraction of sp³-hybridized carbons (Fsp3) is 0.0370. The van der Waals surface area contributed by atoms with E-state index in [0.717, 1.165) is 28.4 Å². The molecule has 0 radical (unpaired) electrons. The molecule has 0 saturated heterocycles. The molecule has 0 fully saturated rings. The van der Waals surface area contributed by atoms with Crippen LogP contribution in [0.2, 0.25) is 5.82 Å². The molecule has 1 aromatic heterocycles. The molecule has 12 rings (SSSR count). The van der Waals surface area contributed by atoms with Crippen LogP contribution in [-0.2, 0) is 0 Å². The Morgan fingerprint density at radius 1 is 0.458 bits per heavy atom. The van der Waals surface area contributed by atoms with E-state index in [9.17, 15) is 0 Å². The first-order valence-electron chi connectivity index (χ1n) is 20.6. The van der Waals surface area contributed by atoms with Gasteiger partial charge in [0.2, 0.25) is 6.71 Å². The molecule has 0 N–H and O–H groups in total. The Hall–Kier alpha value is -7.50. The summed E-state index contributed by atoms with van der Waals surface area (Å²) in [5, 5.41) is 2.46. The molecule has 0 amide bonds. The Kier molecular flexibility index (Phi) is 7.73. The number of benzene rings is 8. The van der Waals surface area contributed by atoms with Crippen molar-refractivity contribution in [3.05, 3.63) is 224 Å². The van der Waals surface area contributed by atoms with Crippen molar-refractivity contribution < 1.29 is 0 Å². The van der Waals surface area contributed by atoms with Crippen LogP contribution in [0.5, 0.6) is 0 Å². The molecule has 2 atom stereocenters. The van der Waals surface area contributed by atoms with Gasteiger partial charge in [0.1, 0.15) is 0 Å². The van der Waals surface area contributed by atoms with Gasteiger partial charge in [0.05, 0.1) is 22.8 Å². The predicted octanol–water partition coefficient (Wildman–Crippen LogP) is 12.7. The number of hydrogen-bond donors (Lipinski definition) is 0. The van der Waals surface area contributed by atoms with Gasteiger partial charge in [-0.2, -0.15) is 0 Å². The number of hydrogen-bond acceptors (Lipinski definition) is 3. The number of allylic oxidation sites excluding steroid dienone is 2. The summed E-state index contributed by atoms with van der Waals surface area (Å²) < 4.78 is 2.47. The first-order chi connectivity index (χ1) is 29.3. The highest BCUT2D eigenvalue weighted by atomic mass is 15.2. The zero-order valence-electron chi connectivity index (χ0n) is 32.4. The van der Waals surface area contributed by atoms with Gasteiger partial charge in [-0.05, 0) is 108 Å². The Balaban J connectivity index is 1.21. The topological polar surface area (TPSA) is 14.7 Å². The summed E-state index contributed by atoms with van der Waals surface area (Å²) in [5.74, 6) is 0.204. The summed E-state index contributed by atoms with van der Waals surface area (Å²) in [6.07, 6.45) is 9.36. The molecule has 1 aliphatic carbocycles. The summed E-state index contributed by atoms with van der Waals surface area (Å²) in [7, 11) is 0. The van der Waals surface area contributed by atoms with Crippen LogP contribution >= 0.6 is 0 Å². The predicted molar refractivity (Wildman–Crippen MR) is 250 cm³/mol. The minimum absolute atomic E-state index is 0.119. The van der Waals surface area contributed by atoms with E-state index < -0.39 is 0 Å². The maximum Gasteiger partial charge on any atom is 0.226 e. The summed E-state index contributed by atoms with van der Waals surface area (Å²) in [5.41, 5.74) is 15.7. The second-order valence-electron chi connectivity index (χ2n) is 15.7. The highest BCUT2D eigenvalue weighted by Crippen LogP contribution is 2.50. The van der Waals surface area contributed by atoms with E-state index in [4.69, 9.17) is 0 Å². The van der Waals surface area contributed by atoms with E-state index in [1.54, 1.807) is 0 Å². The minimum Gasteiger partial charge on any atom is -0.335 e. The van der Waals surface area contributed by atoms with Crippen LogP contribution in [0.1, 0.15) is 0 Å². The van der Waals surface area contributed by atoms with Crippen molar-refractivity contribution in [2.24, 2.45) is 0 Å². The third kappa shape index (κ3) is 5.18. The molecule has 2 aliphatic heterocycles. The van der Waals surface area contributed by atoms with Crippen molar-refractivity contribution in [2.75, 3.05) is 14.7 Å². The lowest BCUT2D eigenvalue weighted by molar-refractivity contribution is 0.765. The van der Waals surface area contributed by atoms with Gasteiger partial charge in [-0.1, -0.05) is 133 Å². The van der Waals surface area contributed by atoms with E-state index in [2.05, 4.69) is 244 Å². The number of aromatic nitrogens is 1. The highest BCUT2D eigenvalue weighted by Gasteiger charge is 2.49. The number of para-hydroxylation sites is 5. The van der Waals surface area contributed by atoms with E-state index >= 15 is 0 Å². The van der Waals surface area contributed by atoms with Gasteiger partial charge in [0.15, 0.2) is 0 Å². The smallest absolute Gasteiger partial charge is 0.226 e. The van der Waals surface area contributed by atoms with Crippen molar-refractivity contribution >= 4 is 84.9 Å². The van der Waals surface area contributed by atoms with E-state index in [-0.39, 0.29) is 18.6 Å². The van der Waals surface area contributed by atoms with Crippen LogP contribution in [0.4, 0.5) is 45.5 Å². The van der Waals surface area contributed by atoms with Gasteiger partial charge in [0.25, 0.3) is 0 Å². The van der Waals surface area contributed by atoms with E-state index in [1.807, 2.05) is 0 Å². The van der Waals surface area contributed by atoms with Crippen molar-refractivity contribution in [1.82, 2.24) is 4.57 Å². The zero-order chi connectivity index (χ0) is 38.9. The first-order valence-corrected chi connectivity index (χ1v) is 20.6. The summed E-state index contributed by atoms with van der Waals surface area (Å²) in [4.78, 5) is 7.51. The highest BCUT2D eigenvalue weighted by molar-refractivity contribution is 6.91. The molecule has 0 saturated carbocycles. The lowest BCUT2D eigenvalue weighted by Gasteiger charge is -2.50. The maximum atomic E-state index is 2.57. The lowest BCUT2D eigenvalue weighted by atomic mass is 9.29. The van der Waals surface area contributed by atoms with Gasteiger partial charge in [-0.3, -0.25) is 0 Å². The molecule has 3 aliphatic rings. The Bertz CT molecular complexity index is 3030. The van der Waals surface area contributed by atoms with Gasteiger partial charge < -0.3 is 19.3 Å². The molecule has 4 nitrogen and oxygen atoms in total. The fourth-order valence-corrected chi connectivity index (χ4v) is 10.2. The van der Waals surface area contributed by atoms with Gasteiger partial charge in [0, 0.05) is 56.3 Å². The van der Waals surface area contributed by atoms with Crippen LogP contribution in [0, 0.1) is 0 Å². The summed E-state index contributed by atoms with van der Waals surface area (Å²) in [6, 6.07) is 73.2. The molecule has 0 spiro atoms. The van der Waals surface area contributed by atoms with Crippen molar-refractivity contribution in [2.45, 2.75) is 11.9 Å². The number of nitrogens with zero attached hydrogens (tertiary/aromatic N) is 4. The molecular formula is C54H39BN4. The molecule has 2 unspecified atom stereocenters. The molecule has 9 aromatic rings. The number of anilines is 8. The van der Waals surface area contributed by atoms with Gasteiger partial charge in [-0.15, -0.1) is 0 Å². The monoisotopic (exact) mass is 754 g/mol. The molecule has 0 bridgehead atoms. The van der Waals surface area contributed by atoms with Gasteiger partial charge >= 0.3 is 0 Å². The molecular weight excluding hydrogens is 715 g/mol. The fourth-order valence-electron chi connectivity index (χ4n) is 10.2. The third-order valence-corrected chi connectivity index (χ3v) is 12.5. The Labute approximate surface area is 344 Å². The van der Waals surface area contributed by atoms with Crippen LogP contribution < -0.4 is 25.6 Å². The normalized spacial score (nSPS) is 16.2. The Morgan fingerprint density at radius 2 is 1.03 bits per heavy atom. The van der Waals surface area contributed by atoms with Crippen LogP contribution in [0.3, 0.4) is 0 Å². The lowest BCUT2D eigenvalue weighted by Crippen LogP contribution is -2.61. The first kappa shape index (κ1) is 33.6. The molecule has 5 heteroatoms. The Morgan fingerprint density at radius 3 is 1.71 bits per heavy atom. The summed E-state index contributed by atoms with van der Waals surface area (Å²) >= 11 is 0. The largest absolute Gasteiger partial charge is 0.335 e. The van der Waals surface area contributed by atoms with E-state index in [1.165, 1.54) is 55.5 Å². The van der Waals surface area contributed by atoms with Gasteiger partial charge in [-0.25, -0.2) is 0 Å². The summed E-state index contributed by atoms with van der Waals surface area (Å²) in [6.45, 7) is 0.119. The van der Waals surface area contributed by atoms with Crippen molar-refractivity contribution in [1.29, 1.82) is 0 Å². The van der Waals surface area contributed by atoms with E-state index in [0.29, 0.717) is 0 Å². The zero-order valence-corrected chi connectivity index (χ0v) is 32.4. The van der Waals surface area contributed by atoms with Crippen LogP contribution in [0.15, 0.2) is 224 Å². The standard InChI is InChI=1S/C54H39BN4/c1-6-20-38(21-7-1)56(39-22-8-2-9-23-39)47-32-18-33-48-53(47)43-36-45-52(37-51(43)58(48)41-26-12-4-13-27-41)59(42-28-14-5-15-29-42)50-35-19-34-49-54(50)55(45)44-30-16-17-31-46(44)57(49)40-24-10-3-11-25-40/h1-37,44,46H.